The first kappa shape index (κ1) is 12.3. The Morgan fingerprint density at radius 1 is 1.33 bits per heavy atom. The fourth-order valence-electron chi connectivity index (χ4n) is 3.91. The van der Waals surface area contributed by atoms with Gasteiger partial charge in [0.15, 0.2) is 0 Å². The van der Waals surface area contributed by atoms with Crippen molar-refractivity contribution in [2.75, 3.05) is 11.1 Å². The first-order chi connectivity index (χ1) is 8.63. The third-order valence-electron chi connectivity index (χ3n) is 4.81. The number of hydrogen-bond acceptors (Lipinski definition) is 2. The molecule has 3 N–H and O–H groups in total. The molecule has 2 aliphatic carbocycles. The Morgan fingerprint density at radius 2 is 2.17 bits per heavy atom. The molecule has 18 heavy (non-hydrogen) atoms. The Kier molecular flexibility index (Phi) is 3.27. The number of halogens is 1. The average Bonchev–Trinajstić information content (AvgIpc) is 2.94. The van der Waals surface area contributed by atoms with Crippen LogP contribution in [0.1, 0.15) is 32.6 Å². The van der Waals surface area contributed by atoms with Crippen molar-refractivity contribution in [3.63, 3.8) is 0 Å². The second-order valence-electron chi connectivity index (χ2n) is 6.01. The van der Waals surface area contributed by atoms with Crippen LogP contribution in [0.5, 0.6) is 0 Å². The third-order valence-corrected chi connectivity index (χ3v) is 5.47. The van der Waals surface area contributed by atoms with E-state index in [1.165, 1.54) is 31.4 Å². The minimum Gasteiger partial charge on any atom is -0.399 e. The molecule has 0 amide bonds. The van der Waals surface area contributed by atoms with Gasteiger partial charge in [0.1, 0.15) is 0 Å². The van der Waals surface area contributed by atoms with Crippen molar-refractivity contribution < 1.29 is 0 Å². The first-order valence-electron chi connectivity index (χ1n) is 6.95. The van der Waals surface area contributed by atoms with Crippen LogP contribution in [-0.4, -0.2) is 6.04 Å². The van der Waals surface area contributed by atoms with Crippen molar-refractivity contribution in [2.24, 2.45) is 17.8 Å². The van der Waals surface area contributed by atoms with Crippen LogP contribution in [0.15, 0.2) is 22.7 Å². The maximum atomic E-state index is 5.77. The summed E-state index contributed by atoms with van der Waals surface area (Å²) in [6.07, 6.45) is 5.81. The molecule has 0 aliphatic heterocycles. The molecule has 3 rings (SSSR count). The average molecular weight is 309 g/mol. The van der Waals surface area contributed by atoms with Crippen LogP contribution in [0, 0.1) is 17.8 Å². The Bertz CT molecular complexity index is 446. The largest absolute Gasteiger partial charge is 0.399 e. The molecule has 1 aromatic rings. The van der Waals surface area contributed by atoms with E-state index in [-0.39, 0.29) is 0 Å². The number of nitrogens with one attached hydrogen (secondary N) is 1. The number of fused-ring (bicyclic) bond motifs is 2. The van der Waals surface area contributed by atoms with Crippen molar-refractivity contribution >= 4 is 27.3 Å². The van der Waals surface area contributed by atoms with Gasteiger partial charge in [-0.1, -0.05) is 6.42 Å². The van der Waals surface area contributed by atoms with E-state index in [1.807, 2.05) is 12.1 Å². The zero-order chi connectivity index (χ0) is 12.7. The zero-order valence-electron chi connectivity index (χ0n) is 10.8. The van der Waals surface area contributed by atoms with Gasteiger partial charge in [-0.05, 0) is 78.1 Å². The summed E-state index contributed by atoms with van der Waals surface area (Å²) in [5, 5.41) is 3.66. The van der Waals surface area contributed by atoms with Crippen LogP contribution < -0.4 is 11.1 Å². The van der Waals surface area contributed by atoms with Crippen molar-refractivity contribution in [1.82, 2.24) is 0 Å². The summed E-state index contributed by atoms with van der Waals surface area (Å²) in [5.41, 5.74) is 7.74. The topological polar surface area (TPSA) is 38.0 Å². The van der Waals surface area contributed by atoms with Crippen LogP contribution in [-0.2, 0) is 0 Å². The quantitative estimate of drug-likeness (QED) is 0.818. The fourth-order valence-corrected chi connectivity index (χ4v) is 4.42. The highest BCUT2D eigenvalue weighted by molar-refractivity contribution is 9.10. The molecular formula is C15H21BrN2. The number of hydrogen-bond donors (Lipinski definition) is 2. The maximum Gasteiger partial charge on any atom is 0.0488 e. The number of benzene rings is 1. The first-order valence-corrected chi connectivity index (χ1v) is 7.74. The number of nitrogens with two attached hydrogens (primary N) is 1. The summed E-state index contributed by atoms with van der Waals surface area (Å²) in [6.45, 7) is 2.33. The Balaban J connectivity index is 1.69. The molecule has 4 atom stereocenters. The SMILES string of the molecule is CC(Nc1ccc(N)cc1Br)C1CC2CCC1C2. The number of rotatable bonds is 3. The van der Waals surface area contributed by atoms with Crippen molar-refractivity contribution in [1.29, 1.82) is 0 Å². The molecule has 1 aromatic carbocycles. The molecule has 2 bridgehead atoms. The van der Waals surface area contributed by atoms with Gasteiger partial charge in [-0.15, -0.1) is 0 Å². The molecular weight excluding hydrogens is 288 g/mol. The Labute approximate surface area is 117 Å². The molecule has 0 spiro atoms. The van der Waals surface area contributed by atoms with E-state index in [0.29, 0.717) is 6.04 Å². The van der Waals surface area contributed by atoms with Crippen LogP contribution in [0.2, 0.25) is 0 Å². The molecule has 98 valence electrons. The van der Waals surface area contributed by atoms with Crippen molar-refractivity contribution in [3.05, 3.63) is 22.7 Å². The number of anilines is 2. The van der Waals surface area contributed by atoms with E-state index in [2.05, 4.69) is 34.2 Å². The maximum absolute atomic E-state index is 5.77. The van der Waals surface area contributed by atoms with Gasteiger partial charge in [-0.25, -0.2) is 0 Å². The molecule has 0 aromatic heterocycles. The Morgan fingerprint density at radius 3 is 2.78 bits per heavy atom. The second kappa shape index (κ2) is 4.76. The second-order valence-corrected chi connectivity index (χ2v) is 6.87. The molecule has 2 aliphatic rings. The van der Waals surface area contributed by atoms with Crippen LogP contribution >= 0.6 is 15.9 Å². The van der Waals surface area contributed by atoms with Gasteiger partial charge >= 0.3 is 0 Å². The molecule has 0 saturated heterocycles. The third kappa shape index (κ3) is 2.25. The zero-order valence-corrected chi connectivity index (χ0v) is 12.4. The van der Waals surface area contributed by atoms with Crippen molar-refractivity contribution in [2.45, 2.75) is 38.6 Å². The molecule has 2 fully saturated rings. The van der Waals surface area contributed by atoms with Gasteiger partial charge in [-0.2, -0.15) is 0 Å². The molecule has 4 unspecified atom stereocenters. The van der Waals surface area contributed by atoms with Gasteiger partial charge < -0.3 is 11.1 Å². The normalized spacial score (nSPS) is 31.6. The van der Waals surface area contributed by atoms with Gasteiger partial charge in [0.25, 0.3) is 0 Å². The summed E-state index contributed by atoms with van der Waals surface area (Å²) in [5.74, 6) is 2.83. The van der Waals surface area contributed by atoms with E-state index < -0.39 is 0 Å². The lowest BCUT2D eigenvalue weighted by Crippen LogP contribution is -2.30. The van der Waals surface area contributed by atoms with E-state index in [1.54, 1.807) is 0 Å². The monoisotopic (exact) mass is 308 g/mol. The van der Waals surface area contributed by atoms with E-state index in [9.17, 15) is 0 Å². The van der Waals surface area contributed by atoms with Gasteiger partial charge in [0.2, 0.25) is 0 Å². The number of nitrogen functional groups attached to an aromatic ring is 1. The summed E-state index contributed by atoms with van der Waals surface area (Å²) in [6, 6.07) is 6.56. The predicted molar refractivity (Wildman–Crippen MR) is 80.6 cm³/mol. The smallest absolute Gasteiger partial charge is 0.0488 e. The molecule has 0 heterocycles. The fraction of sp³-hybridized carbons (Fsp3) is 0.600. The predicted octanol–water partition coefficient (Wildman–Crippen LogP) is 4.27. The van der Waals surface area contributed by atoms with E-state index in [4.69, 9.17) is 5.73 Å². The van der Waals surface area contributed by atoms with Crippen LogP contribution in [0.3, 0.4) is 0 Å². The minimum absolute atomic E-state index is 0.556. The van der Waals surface area contributed by atoms with Gasteiger partial charge in [-0.3, -0.25) is 0 Å². The standard InChI is InChI=1S/C15H21BrN2/c1-9(13-7-10-2-3-11(13)6-10)18-15-5-4-12(17)8-14(15)16/h4-5,8-11,13,18H,2-3,6-7,17H2,1H3. The lowest BCUT2D eigenvalue weighted by Gasteiger charge is -2.29. The van der Waals surface area contributed by atoms with Crippen molar-refractivity contribution in [3.8, 4) is 0 Å². The molecule has 0 radical (unpaired) electrons. The Hall–Kier alpha value is -0.700. The summed E-state index contributed by atoms with van der Waals surface area (Å²) < 4.78 is 1.07. The van der Waals surface area contributed by atoms with E-state index in [0.717, 1.165) is 27.9 Å². The van der Waals surface area contributed by atoms with Gasteiger partial charge in [0.05, 0.1) is 0 Å². The van der Waals surface area contributed by atoms with Crippen LogP contribution in [0.25, 0.3) is 0 Å². The van der Waals surface area contributed by atoms with E-state index >= 15 is 0 Å². The highest BCUT2D eigenvalue weighted by Crippen LogP contribution is 2.50. The molecule has 2 nitrogen and oxygen atoms in total. The van der Waals surface area contributed by atoms with Gasteiger partial charge in [0, 0.05) is 21.9 Å². The summed E-state index contributed by atoms with van der Waals surface area (Å²) >= 11 is 3.58. The highest BCUT2D eigenvalue weighted by atomic mass is 79.9. The lowest BCUT2D eigenvalue weighted by atomic mass is 9.84. The van der Waals surface area contributed by atoms with Crippen LogP contribution in [0.4, 0.5) is 11.4 Å². The minimum atomic E-state index is 0.556. The molecule has 3 heteroatoms. The highest BCUT2D eigenvalue weighted by Gasteiger charge is 2.41. The lowest BCUT2D eigenvalue weighted by molar-refractivity contribution is 0.304. The summed E-state index contributed by atoms with van der Waals surface area (Å²) in [7, 11) is 0. The molecule has 2 saturated carbocycles. The summed E-state index contributed by atoms with van der Waals surface area (Å²) in [4.78, 5) is 0.